The molecular weight excluding hydrogens is 698 g/mol. The molecule has 1 unspecified atom stereocenters. The molecule has 1 aliphatic rings. The Bertz CT molecular complexity index is 1810. The van der Waals surface area contributed by atoms with Gasteiger partial charge in [-0.2, -0.15) is 0 Å². The Kier molecular flexibility index (Phi) is 11.4. The molecule has 0 spiro atoms. The highest BCUT2D eigenvalue weighted by Crippen LogP contribution is 2.32. The van der Waals surface area contributed by atoms with Crippen LogP contribution in [-0.4, -0.2) is 43.8 Å². The van der Waals surface area contributed by atoms with Crippen molar-refractivity contribution in [3.63, 3.8) is 0 Å². The molecule has 47 heavy (non-hydrogen) atoms. The molecule has 1 fully saturated rings. The van der Waals surface area contributed by atoms with Gasteiger partial charge in [-0.1, -0.05) is 107 Å². The summed E-state index contributed by atoms with van der Waals surface area (Å²) < 4.78 is 30.6. The zero-order chi connectivity index (χ0) is 33.6. The van der Waals surface area contributed by atoms with Crippen LogP contribution in [0.2, 0.25) is 5.02 Å². The van der Waals surface area contributed by atoms with Gasteiger partial charge in [-0.25, -0.2) is 8.42 Å². The summed E-state index contributed by atoms with van der Waals surface area (Å²) in [6, 6.07) is 27.8. The average molecular weight is 737 g/mol. The second-order valence-corrected chi connectivity index (χ2v) is 15.2. The first-order chi connectivity index (χ1) is 22.5. The van der Waals surface area contributed by atoms with E-state index in [4.69, 9.17) is 11.6 Å². The lowest BCUT2D eigenvalue weighted by atomic mass is 10.0. The van der Waals surface area contributed by atoms with Crippen molar-refractivity contribution in [1.29, 1.82) is 0 Å². The molecule has 0 heterocycles. The smallest absolute Gasteiger partial charge is 0.264 e. The van der Waals surface area contributed by atoms with Gasteiger partial charge >= 0.3 is 0 Å². The number of nitrogens with zero attached hydrogens (tertiary/aromatic N) is 2. The molecule has 0 aliphatic heterocycles. The van der Waals surface area contributed by atoms with E-state index in [1.54, 1.807) is 37.3 Å². The monoisotopic (exact) mass is 735 g/mol. The van der Waals surface area contributed by atoms with Crippen molar-refractivity contribution in [2.75, 3.05) is 10.8 Å². The Hall–Kier alpha value is -3.66. The van der Waals surface area contributed by atoms with Crippen LogP contribution < -0.4 is 9.62 Å². The third-order valence-electron chi connectivity index (χ3n) is 8.61. The molecule has 10 heteroatoms. The van der Waals surface area contributed by atoms with Crippen LogP contribution in [-0.2, 0) is 32.6 Å². The van der Waals surface area contributed by atoms with Crippen molar-refractivity contribution in [3.8, 4) is 0 Å². The number of nitrogens with one attached hydrogen (secondary N) is 1. The van der Waals surface area contributed by atoms with E-state index in [0.29, 0.717) is 16.3 Å². The Morgan fingerprint density at radius 2 is 1.55 bits per heavy atom. The summed E-state index contributed by atoms with van der Waals surface area (Å²) in [5.41, 5.74) is 3.41. The molecule has 1 N–H and O–H groups in total. The molecule has 2 amide bonds. The number of carbonyl (C=O) groups excluding carboxylic acids is 2. The van der Waals surface area contributed by atoms with E-state index in [0.717, 1.165) is 51.2 Å². The molecule has 5 rings (SSSR count). The number of anilines is 1. The van der Waals surface area contributed by atoms with Gasteiger partial charge in [-0.15, -0.1) is 0 Å². The van der Waals surface area contributed by atoms with Crippen molar-refractivity contribution in [2.45, 2.75) is 69.5 Å². The Labute approximate surface area is 291 Å². The van der Waals surface area contributed by atoms with Crippen LogP contribution >= 0.6 is 27.5 Å². The average Bonchev–Trinajstić information content (AvgIpc) is 3.56. The fourth-order valence-electron chi connectivity index (χ4n) is 5.97. The quantitative estimate of drug-likeness (QED) is 0.162. The fourth-order valence-corrected chi connectivity index (χ4v) is 8.06. The molecule has 1 aliphatic carbocycles. The number of benzene rings is 4. The van der Waals surface area contributed by atoms with E-state index in [1.807, 2.05) is 61.5 Å². The van der Waals surface area contributed by atoms with Crippen molar-refractivity contribution >= 4 is 55.1 Å². The first-order valence-corrected chi connectivity index (χ1v) is 18.4. The topological polar surface area (TPSA) is 86.8 Å². The van der Waals surface area contributed by atoms with Crippen molar-refractivity contribution in [3.05, 3.63) is 129 Å². The maximum absolute atomic E-state index is 14.7. The van der Waals surface area contributed by atoms with Crippen molar-refractivity contribution in [2.24, 2.45) is 0 Å². The van der Waals surface area contributed by atoms with Crippen LogP contribution in [0.4, 0.5) is 5.69 Å². The third-order valence-corrected chi connectivity index (χ3v) is 11.3. The molecule has 0 aromatic heterocycles. The van der Waals surface area contributed by atoms with E-state index in [1.165, 1.54) is 17.0 Å². The second kappa shape index (κ2) is 15.5. The molecule has 0 radical (unpaired) electrons. The predicted octanol–water partition coefficient (Wildman–Crippen LogP) is 7.61. The zero-order valence-corrected chi connectivity index (χ0v) is 29.7. The van der Waals surface area contributed by atoms with Crippen LogP contribution in [0.3, 0.4) is 0 Å². The van der Waals surface area contributed by atoms with Gasteiger partial charge in [-0.05, 0) is 79.8 Å². The van der Waals surface area contributed by atoms with Gasteiger partial charge in [0.05, 0.1) is 10.6 Å². The number of rotatable bonds is 12. The largest absolute Gasteiger partial charge is 0.352 e. The maximum Gasteiger partial charge on any atom is 0.264 e. The summed E-state index contributed by atoms with van der Waals surface area (Å²) >= 11 is 10.0. The van der Waals surface area contributed by atoms with Crippen LogP contribution in [0.25, 0.3) is 0 Å². The lowest BCUT2D eigenvalue weighted by Crippen LogP contribution is -2.54. The number of carbonyl (C=O) groups is 2. The highest BCUT2D eigenvalue weighted by Gasteiger charge is 2.36. The molecular formula is C37H39BrClN3O4S. The van der Waals surface area contributed by atoms with Crippen LogP contribution in [0, 0.1) is 13.8 Å². The first kappa shape index (κ1) is 34.7. The molecule has 246 valence electrons. The van der Waals surface area contributed by atoms with E-state index in [-0.39, 0.29) is 29.8 Å². The molecule has 4 aromatic rings. The van der Waals surface area contributed by atoms with Crippen molar-refractivity contribution < 1.29 is 18.0 Å². The number of hydrogen-bond acceptors (Lipinski definition) is 4. The zero-order valence-electron chi connectivity index (χ0n) is 26.5. The SMILES string of the molecule is Cc1ccc(S(=O)(=O)N(CC(=O)N(Cc2cccc(Br)c2)C(Cc2ccccc2)C(=O)NC2CCCC2)c2cccc(Cl)c2C)cc1. The summed E-state index contributed by atoms with van der Waals surface area (Å²) in [6.45, 7) is 3.17. The van der Waals surface area contributed by atoms with E-state index in [9.17, 15) is 18.0 Å². The lowest BCUT2D eigenvalue weighted by molar-refractivity contribution is -0.140. The summed E-state index contributed by atoms with van der Waals surface area (Å²) in [6.07, 6.45) is 4.12. The van der Waals surface area contributed by atoms with Gasteiger partial charge in [0.15, 0.2) is 0 Å². The highest BCUT2D eigenvalue weighted by molar-refractivity contribution is 9.10. The molecule has 1 atom stereocenters. The number of sulfonamides is 1. The van der Waals surface area contributed by atoms with E-state index < -0.39 is 28.5 Å². The third kappa shape index (κ3) is 8.63. The summed E-state index contributed by atoms with van der Waals surface area (Å²) in [5.74, 6) is -0.765. The van der Waals surface area contributed by atoms with Gasteiger partial charge in [0.25, 0.3) is 10.0 Å². The number of aryl methyl sites for hydroxylation is 1. The minimum absolute atomic E-state index is 0.0381. The van der Waals surface area contributed by atoms with Gasteiger partial charge < -0.3 is 10.2 Å². The molecule has 7 nitrogen and oxygen atoms in total. The maximum atomic E-state index is 14.7. The Balaban J connectivity index is 1.59. The van der Waals surface area contributed by atoms with Gasteiger partial charge in [0.2, 0.25) is 11.8 Å². The summed E-state index contributed by atoms with van der Waals surface area (Å²) in [4.78, 5) is 30.4. The fraction of sp³-hybridized carbons (Fsp3) is 0.297. The number of amides is 2. The highest BCUT2D eigenvalue weighted by atomic mass is 79.9. The lowest BCUT2D eigenvalue weighted by Gasteiger charge is -2.34. The van der Waals surface area contributed by atoms with Gasteiger partial charge in [-0.3, -0.25) is 13.9 Å². The first-order valence-electron chi connectivity index (χ1n) is 15.8. The molecule has 0 bridgehead atoms. The normalized spacial score (nSPS) is 14.0. The predicted molar refractivity (Wildman–Crippen MR) is 191 cm³/mol. The Morgan fingerprint density at radius 1 is 0.894 bits per heavy atom. The Morgan fingerprint density at radius 3 is 2.23 bits per heavy atom. The molecule has 0 saturated heterocycles. The summed E-state index contributed by atoms with van der Waals surface area (Å²) in [5, 5.41) is 3.58. The molecule has 4 aromatic carbocycles. The second-order valence-electron chi connectivity index (χ2n) is 12.1. The summed E-state index contributed by atoms with van der Waals surface area (Å²) in [7, 11) is -4.22. The number of hydrogen-bond donors (Lipinski definition) is 1. The minimum Gasteiger partial charge on any atom is -0.352 e. The molecule has 1 saturated carbocycles. The standard InChI is InChI=1S/C37H39BrClN3O4S/c1-26-18-20-32(21-19-26)47(45,46)42(34-17-9-16-33(39)27(34)2)25-36(43)41(24-29-12-8-13-30(38)22-29)35(23-28-10-4-3-5-11-28)37(44)40-31-14-6-7-15-31/h3-5,8-13,16-22,31,35H,6-7,14-15,23-25H2,1-2H3,(H,40,44). The van der Waals surface area contributed by atoms with Gasteiger partial charge in [0, 0.05) is 28.5 Å². The van der Waals surface area contributed by atoms with E-state index >= 15 is 0 Å². The van der Waals surface area contributed by atoms with Crippen LogP contribution in [0.1, 0.15) is 47.9 Å². The van der Waals surface area contributed by atoms with Crippen molar-refractivity contribution in [1.82, 2.24) is 10.2 Å². The van der Waals surface area contributed by atoms with E-state index in [2.05, 4.69) is 21.2 Å². The number of halogens is 2. The van der Waals surface area contributed by atoms with Crippen LogP contribution in [0.5, 0.6) is 0 Å². The minimum atomic E-state index is -4.22. The van der Waals surface area contributed by atoms with Gasteiger partial charge in [0.1, 0.15) is 12.6 Å². The van der Waals surface area contributed by atoms with Crippen LogP contribution in [0.15, 0.2) is 106 Å².